The zero-order valence-electron chi connectivity index (χ0n) is 19.5. The van der Waals surface area contributed by atoms with Crippen molar-refractivity contribution in [1.29, 1.82) is 0 Å². The van der Waals surface area contributed by atoms with Crippen LogP contribution in [0.2, 0.25) is 0 Å². The fraction of sp³-hybridized carbons (Fsp3) is 0.696. The average molecular weight is 549 g/mol. The van der Waals surface area contributed by atoms with Crippen molar-refractivity contribution in [1.82, 2.24) is 15.5 Å². The lowest BCUT2D eigenvalue weighted by atomic mass is 10.1. The highest BCUT2D eigenvalue weighted by Gasteiger charge is 2.09. The first-order chi connectivity index (χ1) is 14.7. The van der Waals surface area contributed by atoms with Crippen LogP contribution < -0.4 is 15.4 Å². The molecule has 1 aromatic carbocycles. The number of nitrogens with zero attached hydrogens (tertiary/aromatic N) is 2. The van der Waals surface area contributed by atoms with Crippen molar-refractivity contribution in [3.8, 4) is 5.75 Å². The van der Waals surface area contributed by atoms with Crippen LogP contribution in [-0.4, -0.2) is 77.1 Å². The molecule has 8 heteroatoms. The first-order valence-corrected chi connectivity index (χ1v) is 11.3. The van der Waals surface area contributed by atoms with E-state index in [-0.39, 0.29) is 24.0 Å². The normalized spacial score (nSPS) is 14.7. The van der Waals surface area contributed by atoms with Crippen molar-refractivity contribution in [2.24, 2.45) is 4.99 Å². The van der Waals surface area contributed by atoms with Gasteiger partial charge in [-0.2, -0.15) is 0 Å². The van der Waals surface area contributed by atoms with Crippen molar-refractivity contribution < 1.29 is 14.2 Å². The SMILES string of the molecule is CCNC(=NCc1ccc(C)cc1OCCCOC)NCCCCN1CCOCC1.I. The lowest BCUT2D eigenvalue weighted by molar-refractivity contribution is 0.0372. The number of benzene rings is 1. The van der Waals surface area contributed by atoms with Crippen LogP contribution in [0.5, 0.6) is 5.75 Å². The predicted octanol–water partition coefficient (Wildman–Crippen LogP) is 3.20. The molecule has 2 N–H and O–H groups in total. The molecular formula is C23H41IN4O3. The van der Waals surface area contributed by atoms with E-state index < -0.39 is 0 Å². The molecule has 2 rings (SSSR count). The van der Waals surface area contributed by atoms with E-state index >= 15 is 0 Å². The van der Waals surface area contributed by atoms with Crippen molar-refractivity contribution in [2.45, 2.75) is 39.7 Å². The van der Waals surface area contributed by atoms with E-state index in [1.807, 2.05) is 0 Å². The van der Waals surface area contributed by atoms with Crippen LogP contribution in [0.25, 0.3) is 0 Å². The Kier molecular flexibility index (Phi) is 15.7. The van der Waals surface area contributed by atoms with Crippen LogP contribution in [0.15, 0.2) is 23.2 Å². The lowest BCUT2D eigenvalue weighted by Gasteiger charge is -2.26. The number of hydrogen-bond acceptors (Lipinski definition) is 5. The number of rotatable bonds is 13. The molecule has 1 saturated heterocycles. The number of aryl methyl sites for hydroxylation is 1. The molecular weight excluding hydrogens is 507 g/mol. The number of ether oxygens (including phenoxy) is 3. The van der Waals surface area contributed by atoms with Gasteiger partial charge in [0, 0.05) is 51.9 Å². The molecule has 1 aliphatic heterocycles. The third-order valence-electron chi connectivity index (χ3n) is 5.02. The number of unbranched alkanes of at least 4 members (excludes halogenated alkanes) is 1. The summed E-state index contributed by atoms with van der Waals surface area (Å²) in [7, 11) is 1.71. The summed E-state index contributed by atoms with van der Waals surface area (Å²) in [6.45, 7) is 12.9. The third kappa shape index (κ3) is 11.9. The molecule has 178 valence electrons. The highest BCUT2D eigenvalue weighted by Crippen LogP contribution is 2.21. The Balaban J connectivity index is 0.00000480. The predicted molar refractivity (Wildman–Crippen MR) is 138 cm³/mol. The maximum absolute atomic E-state index is 5.98. The van der Waals surface area contributed by atoms with Gasteiger partial charge in [-0.3, -0.25) is 4.90 Å². The monoisotopic (exact) mass is 548 g/mol. The van der Waals surface area contributed by atoms with Gasteiger partial charge < -0.3 is 24.8 Å². The topological polar surface area (TPSA) is 67.4 Å². The minimum atomic E-state index is 0. The second-order valence-electron chi connectivity index (χ2n) is 7.59. The molecule has 0 bridgehead atoms. The maximum Gasteiger partial charge on any atom is 0.191 e. The molecule has 1 aliphatic rings. The molecule has 0 amide bonds. The van der Waals surface area contributed by atoms with Crippen molar-refractivity contribution in [3.63, 3.8) is 0 Å². The van der Waals surface area contributed by atoms with Crippen LogP contribution in [0.3, 0.4) is 0 Å². The molecule has 0 radical (unpaired) electrons. The quantitative estimate of drug-likeness (QED) is 0.171. The molecule has 0 saturated carbocycles. The standard InChI is InChI=1S/C23H40N4O3.HI/c1-4-24-23(25-10-5-6-11-27-12-16-29-17-13-27)26-19-21-9-8-20(2)18-22(21)30-15-7-14-28-3;/h8-9,18H,4-7,10-17,19H2,1-3H3,(H2,24,25,26);1H. The van der Waals surface area contributed by atoms with E-state index in [9.17, 15) is 0 Å². The van der Waals surface area contributed by atoms with Crippen LogP contribution in [0.1, 0.15) is 37.3 Å². The van der Waals surface area contributed by atoms with Gasteiger partial charge in [-0.15, -0.1) is 24.0 Å². The molecule has 31 heavy (non-hydrogen) atoms. The number of hydrogen-bond donors (Lipinski definition) is 2. The van der Waals surface area contributed by atoms with Gasteiger partial charge in [0.1, 0.15) is 5.75 Å². The molecule has 1 aromatic rings. The summed E-state index contributed by atoms with van der Waals surface area (Å²) in [6, 6.07) is 6.30. The van der Waals surface area contributed by atoms with E-state index in [0.717, 1.165) is 76.1 Å². The molecule has 0 aromatic heterocycles. The van der Waals surface area contributed by atoms with Gasteiger partial charge in [-0.1, -0.05) is 12.1 Å². The van der Waals surface area contributed by atoms with Gasteiger partial charge in [0.05, 0.1) is 26.4 Å². The largest absolute Gasteiger partial charge is 0.493 e. The Morgan fingerprint density at radius 2 is 1.94 bits per heavy atom. The molecule has 0 atom stereocenters. The minimum Gasteiger partial charge on any atom is -0.493 e. The summed E-state index contributed by atoms with van der Waals surface area (Å²) in [5, 5.41) is 6.80. The van der Waals surface area contributed by atoms with E-state index in [2.05, 4.69) is 47.6 Å². The first kappa shape index (κ1) is 27.9. The lowest BCUT2D eigenvalue weighted by Crippen LogP contribution is -2.39. The van der Waals surface area contributed by atoms with Crippen LogP contribution in [0.4, 0.5) is 0 Å². The average Bonchev–Trinajstić information content (AvgIpc) is 2.76. The molecule has 1 heterocycles. The zero-order valence-corrected chi connectivity index (χ0v) is 21.8. The van der Waals surface area contributed by atoms with E-state index in [1.165, 1.54) is 12.0 Å². The number of guanidine groups is 1. The minimum absolute atomic E-state index is 0. The highest BCUT2D eigenvalue weighted by atomic mass is 127. The Hall–Kier alpha value is -1.10. The maximum atomic E-state index is 5.98. The Bertz CT molecular complexity index is 625. The number of morpholine rings is 1. The smallest absolute Gasteiger partial charge is 0.191 e. The van der Waals surface area contributed by atoms with Crippen LogP contribution >= 0.6 is 24.0 Å². The fourth-order valence-corrected chi connectivity index (χ4v) is 3.31. The van der Waals surface area contributed by atoms with Gasteiger partial charge in [-0.25, -0.2) is 4.99 Å². The van der Waals surface area contributed by atoms with Crippen molar-refractivity contribution in [3.05, 3.63) is 29.3 Å². The van der Waals surface area contributed by atoms with Crippen molar-refractivity contribution in [2.75, 3.05) is 66.3 Å². The fourth-order valence-electron chi connectivity index (χ4n) is 3.31. The van der Waals surface area contributed by atoms with Gasteiger partial charge in [0.2, 0.25) is 0 Å². The first-order valence-electron chi connectivity index (χ1n) is 11.3. The van der Waals surface area contributed by atoms with E-state index in [4.69, 9.17) is 19.2 Å². The Morgan fingerprint density at radius 3 is 2.68 bits per heavy atom. The molecule has 0 spiro atoms. The molecule has 1 fully saturated rings. The number of aliphatic imine (C=N–C) groups is 1. The molecule has 0 aliphatic carbocycles. The van der Waals surface area contributed by atoms with Gasteiger partial charge in [0.15, 0.2) is 5.96 Å². The molecule has 0 unspecified atom stereocenters. The van der Waals surface area contributed by atoms with Crippen molar-refractivity contribution >= 4 is 29.9 Å². The summed E-state index contributed by atoms with van der Waals surface area (Å²) >= 11 is 0. The summed E-state index contributed by atoms with van der Waals surface area (Å²) in [5.74, 6) is 1.77. The van der Waals surface area contributed by atoms with Gasteiger partial charge in [-0.05, 0) is 44.9 Å². The third-order valence-corrected chi connectivity index (χ3v) is 5.02. The summed E-state index contributed by atoms with van der Waals surface area (Å²) in [4.78, 5) is 7.25. The number of nitrogens with one attached hydrogen (secondary N) is 2. The Labute approximate surface area is 205 Å². The highest BCUT2D eigenvalue weighted by molar-refractivity contribution is 14.0. The number of methoxy groups -OCH3 is 1. The second-order valence-corrected chi connectivity index (χ2v) is 7.59. The van der Waals surface area contributed by atoms with E-state index in [1.54, 1.807) is 7.11 Å². The van der Waals surface area contributed by atoms with Crippen LogP contribution in [0, 0.1) is 6.92 Å². The Morgan fingerprint density at radius 1 is 1.13 bits per heavy atom. The summed E-state index contributed by atoms with van der Waals surface area (Å²) in [6.07, 6.45) is 3.19. The second kappa shape index (κ2) is 17.5. The number of halogens is 1. The molecule has 7 nitrogen and oxygen atoms in total. The summed E-state index contributed by atoms with van der Waals surface area (Å²) < 4.78 is 16.5. The summed E-state index contributed by atoms with van der Waals surface area (Å²) in [5.41, 5.74) is 2.29. The van der Waals surface area contributed by atoms with Gasteiger partial charge in [0.25, 0.3) is 0 Å². The van der Waals surface area contributed by atoms with E-state index in [0.29, 0.717) is 19.8 Å². The van der Waals surface area contributed by atoms with Gasteiger partial charge >= 0.3 is 0 Å². The zero-order chi connectivity index (χ0) is 21.4. The van der Waals surface area contributed by atoms with Crippen LogP contribution in [-0.2, 0) is 16.0 Å².